The summed E-state index contributed by atoms with van der Waals surface area (Å²) in [4.78, 5) is 0. The van der Waals surface area contributed by atoms with E-state index in [-0.39, 0.29) is 5.75 Å². The molecule has 0 saturated heterocycles. The number of rotatable bonds is 4. The molecule has 1 rings (SSSR count). The number of aryl methyl sites for hydroxylation is 1. The van der Waals surface area contributed by atoms with Crippen LogP contribution in [0.15, 0.2) is 18.2 Å². The molecule has 2 nitrogen and oxygen atoms in total. The van der Waals surface area contributed by atoms with Crippen LogP contribution in [0, 0.1) is 5.41 Å². The Hall–Kier alpha value is -1.31. The lowest BCUT2D eigenvalue weighted by Crippen LogP contribution is -1.88. The van der Waals surface area contributed by atoms with Crippen LogP contribution in [-0.2, 0) is 6.42 Å². The Morgan fingerprint density at radius 3 is 2.85 bits per heavy atom. The van der Waals surface area contributed by atoms with Crippen LogP contribution in [0.5, 0.6) is 5.75 Å². The molecule has 2 heteroatoms. The van der Waals surface area contributed by atoms with Gasteiger partial charge in [-0.3, -0.25) is 0 Å². The standard InChI is InChI=1S/C11H15NO/c1-2-3-4-9-5-6-11(13)10(7-9)8-12/h5-8,12-13H,2-4H2,1H3. The van der Waals surface area contributed by atoms with Gasteiger partial charge in [0.2, 0.25) is 0 Å². The van der Waals surface area contributed by atoms with Gasteiger partial charge in [-0.2, -0.15) is 0 Å². The first-order chi connectivity index (χ1) is 6.27. The third kappa shape index (κ3) is 2.58. The molecule has 0 aromatic heterocycles. The first kappa shape index (κ1) is 9.78. The molecule has 13 heavy (non-hydrogen) atoms. The van der Waals surface area contributed by atoms with E-state index in [1.807, 2.05) is 12.1 Å². The summed E-state index contributed by atoms with van der Waals surface area (Å²) >= 11 is 0. The van der Waals surface area contributed by atoms with E-state index in [0.29, 0.717) is 5.56 Å². The molecular formula is C11H15NO. The molecule has 0 radical (unpaired) electrons. The predicted molar refractivity (Wildman–Crippen MR) is 54.6 cm³/mol. The second-order valence-electron chi connectivity index (χ2n) is 3.14. The van der Waals surface area contributed by atoms with E-state index < -0.39 is 0 Å². The van der Waals surface area contributed by atoms with Gasteiger partial charge in [0.25, 0.3) is 0 Å². The Labute approximate surface area is 78.7 Å². The molecule has 0 unspecified atom stereocenters. The van der Waals surface area contributed by atoms with Crippen molar-refractivity contribution in [3.63, 3.8) is 0 Å². The maximum absolute atomic E-state index is 9.31. The second-order valence-corrected chi connectivity index (χ2v) is 3.14. The van der Waals surface area contributed by atoms with Crippen molar-refractivity contribution in [3.8, 4) is 5.75 Å². The van der Waals surface area contributed by atoms with Gasteiger partial charge in [-0.05, 0) is 30.5 Å². The van der Waals surface area contributed by atoms with Gasteiger partial charge in [0.05, 0.1) is 0 Å². The van der Waals surface area contributed by atoms with Crippen molar-refractivity contribution in [1.29, 1.82) is 5.41 Å². The molecule has 0 spiro atoms. The molecule has 1 aromatic rings. The average Bonchev–Trinajstić information content (AvgIpc) is 2.16. The molecule has 0 aliphatic carbocycles. The summed E-state index contributed by atoms with van der Waals surface area (Å²) in [6, 6.07) is 5.45. The number of unbranched alkanes of at least 4 members (excludes halogenated alkanes) is 1. The quantitative estimate of drug-likeness (QED) is 0.682. The fourth-order valence-electron chi connectivity index (χ4n) is 1.26. The van der Waals surface area contributed by atoms with Gasteiger partial charge in [0.1, 0.15) is 5.75 Å². The minimum Gasteiger partial charge on any atom is -0.507 e. The van der Waals surface area contributed by atoms with E-state index in [2.05, 4.69) is 6.92 Å². The molecule has 2 N–H and O–H groups in total. The van der Waals surface area contributed by atoms with Gasteiger partial charge in [-0.15, -0.1) is 0 Å². The largest absolute Gasteiger partial charge is 0.507 e. The van der Waals surface area contributed by atoms with Crippen molar-refractivity contribution in [1.82, 2.24) is 0 Å². The van der Waals surface area contributed by atoms with Crippen molar-refractivity contribution in [3.05, 3.63) is 29.3 Å². The van der Waals surface area contributed by atoms with Crippen LogP contribution in [0.3, 0.4) is 0 Å². The number of nitrogens with one attached hydrogen (secondary N) is 1. The molecule has 0 amide bonds. The van der Waals surface area contributed by atoms with Gasteiger partial charge >= 0.3 is 0 Å². The van der Waals surface area contributed by atoms with E-state index in [0.717, 1.165) is 12.8 Å². The zero-order chi connectivity index (χ0) is 9.68. The lowest BCUT2D eigenvalue weighted by atomic mass is 10.1. The van der Waals surface area contributed by atoms with Gasteiger partial charge in [-0.1, -0.05) is 19.4 Å². The predicted octanol–water partition coefficient (Wildman–Crippen LogP) is 2.73. The highest BCUT2D eigenvalue weighted by atomic mass is 16.3. The maximum Gasteiger partial charge on any atom is 0.124 e. The van der Waals surface area contributed by atoms with Crippen LogP contribution >= 0.6 is 0 Å². The molecular weight excluding hydrogens is 162 g/mol. The first-order valence-corrected chi connectivity index (χ1v) is 4.60. The van der Waals surface area contributed by atoms with E-state index in [4.69, 9.17) is 5.41 Å². The summed E-state index contributed by atoms with van der Waals surface area (Å²) in [5.41, 5.74) is 1.80. The van der Waals surface area contributed by atoms with Crippen molar-refractivity contribution in [2.24, 2.45) is 0 Å². The summed E-state index contributed by atoms with van der Waals surface area (Å²) in [6.07, 6.45) is 4.53. The highest BCUT2D eigenvalue weighted by Gasteiger charge is 1.99. The zero-order valence-corrected chi connectivity index (χ0v) is 7.88. The third-order valence-electron chi connectivity index (χ3n) is 2.07. The molecule has 0 heterocycles. The molecule has 0 aliphatic heterocycles. The molecule has 0 aliphatic rings. The minimum atomic E-state index is 0.190. The Bertz CT molecular complexity index is 294. The SMILES string of the molecule is CCCCc1ccc(O)c(C=N)c1. The smallest absolute Gasteiger partial charge is 0.124 e. The highest BCUT2D eigenvalue weighted by Crippen LogP contribution is 2.17. The first-order valence-electron chi connectivity index (χ1n) is 4.60. The van der Waals surface area contributed by atoms with Gasteiger partial charge in [-0.25, -0.2) is 0 Å². The van der Waals surface area contributed by atoms with Crippen LogP contribution < -0.4 is 0 Å². The highest BCUT2D eigenvalue weighted by molar-refractivity contribution is 5.81. The normalized spacial score (nSPS) is 9.92. The second kappa shape index (κ2) is 4.65. The Morgan fingerprint density at radius 2 is 2.23 bits per heavy atom. The summed E-state index contributed by atoms with van der Waals surface area (Å²) < 4.78 is 0. The van der Waals surface area contributed by atoms with E-state index in [9.17, 15) is 5.11 Å². The van der Waals surface area contributed by atoms with Crippen LogP contribution in [0.4, 0.5) is 0 Å². The summed E-state index contributed by atoms with van der Waals surface area (Å²) in [5.74, 6) is 0.190. The summed E-state index contributed by atoms with van der Waals surface area (Å²) in [6.45, 7) is 2.15. The number of hydrogen-bond donors (Lipinski definition) is 2. The van der Waals surface area contributed by atoms with Crippen LogP contribution in [0.2, 0.25) is 0 Å². The lowest BCUT2D eigenvalue weighted by Gasteiger charge is -2.02. The number of hydrogen-bond acceptors (Lipinski definition) is 2. The van der Waals surface area contributed by atoms with Gasteiger partial charge < -0.3 is 10.5 Å². The molecule has 0 bridgehead atoms. The monoisotopic (exact) mass is 177 g/mol. The molecule has 1 aromatic carbocycles. The Balaban J connectivity index is 2.80. The van der Waals surface area contributed by atoms with Gasteiger partial charge in [0, 0.05) is 11.8 Å². The maximum atomic E-state index is 9.31. The van der Waals surface area contributed by atoms with E-state index >= 15 is 0 Å². The Morgan fingerprint density at radius 1 is 1.46 bits per heavy atom. The van der Waals surface area contributed by atoms with Crippen molar-refractivity contribution in [2.45, 2.75) is 26.2 Å². The summed E-state index contributed by atoms with van der Waals surface area (Å²) in [7, 11) is 0. The summed E-state index contributed by atoms with van der Waals surface area (Å²) in [5, 5.41) is 16.4. The third-order valence-corrected chi connectivity index (χ3v) is 2.07. The fraction of sp³-hybridized carbons (Fsp3) is 0.364. The van der Waals surface area contributed by atoms with Crippen molar-refractivity contribution < 1.29 is 5.11 Å². The van der Waals surface area contributed by atoms with Crippen LogP contribution in [0.25, 0.3) is 0 Å². The van der Waals surface area contributed by atoms with Crippen LogP contribution in [-0.4, -0.2) is 11.3 Å². The van der Waals surface area contributed by atoms with Crippen molar-refractivity contribution >= 4 is 6.21 Å². The lowest BCUT2D eigenvalue weighted by molar-refractivity contribution is 0.474. The van der Waals surface area contributed by atoms with E-state index in [1.54, 1.807) is 6.07 Å². The Kier molecular flexibility index (Phi) is 3.50. The topological polar surface area (TPSA) is 44.1 Å². The fourth-order valence-corrected chi connectivity index (χ4v) is 1.26. The minimum absolute atomic E-state index is 0.190. The van der Waals surface area contributed by atoms with E-state index in [1.165, 1.54) is 18.2 Å². The van der Waals surface area contributed by atoms with Gasteiger partial charge in [0.15, 0.2) is 0 Å². The zero-order valence-electron chi connectivity index (χ0n) is 7.88. The number of phenols is 1. The molecule has 0 saturated carbocycles. The number of benzene rings is 1. The molecule has 0 atom stereocenters. The number of phenolic OH excluding ortho intramolecular Hbond substituents is 1. The molecule has 0 fully saturated rings. The van der Waals surface area contributed by atoms with Crippen molar-refractivity contribution in [2.75, 3.05) is 0 Å². The number of aromatic hydroxyl groups is 1. The molecule has 70 valence electrons. The average molecular weight is 177 g/mol. The van der Waals surface area contributed by atoms with Crippen LogP contribution in [0.1, 0.15) is 30.9 Å².